The summed E-state index contributed by atoms with van der Waals surface area (Å²) < 4.78 is 4.34. The number of nitrogens with two attached hydrogens (primary N) is 2. The SMILES string of the molecule is NC/C=C/COC(N)=O. The van der Waals surface area contributed by atoms with Gasteiger partial charge in [0, 0.05) is 6.54 Å². The Morgan fingerprint density at radius 3 is 2.67 bits per heavy atom. The first-order valence-corrected chi connectivity index (χ1v) is 2.54. The summed E-state index contributed by atoms with van der Waals surface area (Å²) in [5.41, 5.74) is 9.74. The van der Waals surface area contributed by atoms with E-state index in [0.29, 0.717) is 6.54 Å². The van der Waals surface area contributed by atoms with Gasteiger partial charge in [0.2, 0.25) is 0 Å². The predicted molar refractivity (Wildman–Crippen MR) is 33.7 cm³/mol. The third-order valence-corrected chi connectivity index (χ3v) is 0.625. The molecule has 9 heavy (non-hydrogen) atoms. The van der Waals surface area contributed by atoms with Crippen LogP contribution in [0.1, 0.15) is 0 Å². The van der Waals surface area contributed by atoms with Crippen molar-refractivity contribution in [3.63, 3.8) is 0 Å². The molecule has 52 valence electrons. The number of carbonyl (C=O) groups is 1. The first-order valence-electron chi connectivity index (χ1n) is 2.54. The lowest BCUT2D eigenvalue weighted by Gasteiger charge is -1.92. The maximum absolute atomic E-state index is 9.90. The van der Waals surface area contributed by atoms with Gasteiger partial charge < -0.3 is 16.2 Å². The lowest BCUT2D eigenvalue weighted by Crippen LogP contribution is -2.12. The Morgan fingerprint density at radius 1 is 1.56 bits per heavy atom. The molecule has 0 bridgehead atoms. The van der Waals surface area contributed by atoms with Gasteiger partial charge in [-0.1, -0.05) is 6.08 Å². The number of carbonyl (C=O) groups excluding carboxylic acids is 1. The van der Waals surface area contributed by atoms with E-state index in [4.69, 9.17) is 5.73 Å². The minimum atomic E-state index is -0.767. The summed E-state index contributed by atoms with van der Waals surface area (Å²) in [5.74, 6) is 0. The number of primary amides is 1. The highest BCUT2D eigenvalue weighted by Crippen LogP contribution is 1.74. The second kappa shape index (κ2) is 5.11. The Hall–Kier alpha value is -1.03. The summed E-state index contributed by atoms with van der Waals surface area (Å²) in [5, 5.41) is 0. The van der Waals surface area contributed by atoms with Crippen molar-refractivity contribution in [1.82, 2.24) is 0 Å². The van der Waals surface area contributed by atoms with E-state index >= 15 is 0 Å². The van der Waals surface area contributed by atoms with Crippen LogP contribution in [0.5, 0.6) is 0 Å². The number of amides is 1. The highest BCUT2D eigenvalue weighted by atomic mass is 16.5. The Kier molecular flexibility index (Phi) is 4.53. The molecule has 0 atom stereocenters. The van der Waals surface area contributed by atoms with Crippen molar-refractivity contribution in [2.75, 3.05) is 13.2 Å². The van der Waals surface area contributed by atoms with Crippen LogP contribution < -0.4 is 11.5 Å². The molecule has 1 amide bonds. The lowest BCUT2D eigenvalue weighted by molar-refractivity contribution is 0.169. The Bertz CT molecular complexity index is 112. The summed E-state index contributed by atoms with van der Waals surface area (Å²) in [6.07, 6.45) is 2.55. The molecule has 0 aliphatic heterocycles. The number of hydrogen-bond acceptors (Lipinski definition) is 3. The van der Waals surface area contributed by atoms with Gasteiger partial charge in [0.25, 0.3) is 0 Å². The highest BCUT2D eigenvalue weighted by molar-refractivity contribution is 5.64. The van der Waals surface area contributed by atoms with Crippen molar-refractivity contribution in [3.8, 4) is 0 Å². The predicted octanol–water partition coefficient (Wildman–Crippen LogP) is -0.403. The van der Waals surface area contributed by atoms with Crippen LogP contribution in [0, 0.1) is 0 Å². The lowest BCUT2D eigenvalue weighted by atomic mass is 10.5. The number of hydrogen-bond donors (Lipinski definition) is 2. The second-order valence-electron chi connectivity index (χ2n) is 1.34. The van der Waals surface area contributed by atoms with E-state index in [1.54, 1.807) is 12.2 Å². The molecule has 4 nitrogen and oxygen atoms in total. The topological polar surface area (TPSA) is 78.3 Å². The average Bonchev–Trinajstić information content (AvgIpc) is 1.80. The number of ether oxygens (including phenoxy) is 1. The molecule has 0 radical (unpaired) electrons. The van der Waals surface area contributed by atoms with E-state index in [1.165, 1.54) is 0 Å². The van der Waals surface area contributed by atoms with Gasteiger partial charge in [-0.3, -0.25) is 0 Å². The zero-order chi connectivity index (χ0) is 7.11. The first-order chi connectivity index (χ1) is 4.27. The fourth-order valence-electron chi connectivity index (χ4n) is 0.295. The smallest absolute Gasteiger partial charge is 0.404 e. The molecule has 0 spiro atoms. The molecule has 0 aromatic carbocycles. The zero-order valence-electron chi connectivity index (χ0n) is 5.04. The van der Waals surface area contributed by atoms with Crippen molar-refractivity contribution < 1.29 is 9.53 Å². The van der Waals surface area contributed by atoms with E-state index in [-0.39, 0.29) is 6.61 Å². The minimum absolute atomic E-state index is 0.201. The monoisotopic (exact) mass is 130 g/mol. The van der Waals surface area contributed by atoms with Gasteiger partial charge in [-0.05, 0) is 6.08 Å². The third-order valence-electron chi connectivity index (χ3n) is 0.625. The molecule has 0 fully saturated rings. The maximum atomic E-state index is 9.90. The molecule has 0 aliphatic rings. The van der Waals surface area contributed by atoms with Gasteiger partial charge in [0.1, 0.15) is 6.61 Å². The average molecular weight is 130 g/mol. The summed E-state index contributed by atoms with van der Waals surface area (Å²) in [6.45, 7) is 0.647. The van der Waals surface area contributed by atoms with E-state index in [0.717, 1.165) is 0 Å². The van der Waals surface area contributed by atoms with Gasteiger partial charge in [0.15, 0.2) is 0 Å². The van der Waals surface area contributed by atoms with E-state index in [2.05, 4.69) is 10.5 Å². The van der Waals surface area contributed by atoms with Crippen molar-refractivity contribution in [1.29, 1.82) is 0 Å². The van der Waals surface area contributed by atoms with Crippen LogP contribution in [-0.2, 0) is 4.74 Å². The standard InChI is InChI=1S/C5H10N2O2/c6-3-1-2-4-9-5(7)8/h1-2H,3-4,6H2,(H2,7,8)/b2-1+. The van der Waals surface area contributed by atoms with Crippen LogP contribution in [0.3, 0.4) is 0 Å². The van der Waals surface area contributed by atoms with Crippen molar-refractivity contribution in [2.45, 2.75) is 0 Å². The molecule has 0 unspecified atom stereocenters. The quantitative estimate of drug-likeness (QED) is 0.510. The van der Waals surface area contributed by atoms with E-state index < -0.39 is 6.09 Å². The van der Waals surface area contributed by atoms with Crippen LogP contribution in [0.25, 0.3) is 0 Å². The summed E-state index contributed by atoms with van der Waals surface area (Å²) >= 11 is 0. The molecule has 4 N–H and O–H groups in total. The van der Waals surface area contributed by atoms with Gasteiger partial charge >= 0.3 is 6.09 Å². The maximum Gasteiger partial charge on any atom is 0.404 e. The van der Waals surface area contributed by atoms with Crippen LogP contribution in [-0.4, -0.2) is 19.2 Å². The third kappa shape index (κ3) is 6.97. The van der Waals surface area contributed by atoms with Crippen molar-refractivity contribution >= 4 is 6.09 Å². The van der Waals surface area contributed by atoms with E-state index in [9.17, 15) is 4.79 Å². The highest BCUT2D eigenvalue weighted by Gasteiger charge is 1.85. The molecular weight excluding hydrogens is 120 g/mol. The molecule has 4 heteroatoms. The Balaban J connectivity index is 3.09. The summed E-state index contributed by atoms with van der Waals surface area (Å²) in [7, 11) is 0. The molecule has 0 saturated heterocycles. The Labute approximate surface area is 53.5 Å². The van der Waals surface area contributed by atoms with Crippen molar-refractivity contribution in [2.24, 2.45) is 11.5 Å². The van der Waals surface area contributed by atoms with Gasteiger partial charge in [0.05, 0.1) is 0 Å². The first kappa shape index (κ1) is 7.97. The van der Waals surface area contributed by atoms with Gasteiger partial charge in [-0.2, -0.15) is 0 Å². The minimum Gasteiger partial charge on any atom is -0.445 e. The molecule has 0 rings (SSSR count). The van der Waals surface area contributed by atoms with Crippen LogP contribution in [0.15, 0.2) is 12.2 Å². The Morgan fingerprint density at radius 2 is 2.22 bits per heavy atom. The zero-order valence-corrected chi connectivity index (χ0v) is 5.04. The summed E-state index contributed by atoms with van der Waals surface area (Å²) in [4.78, 5) is 9.90. The summed E-state index contributed by atoms with van der Waals surface area (Å²) in [6, 6.07) is 0. The van der Waals surface area contributed by atoms with Crippen LogP contribution >= 0.6 is 0 Å². The molecule has 0 aromatic heterocycles. The normalized spacial score (nSPS) is 9.89. The molecule has 0 heterocycles. The molecular formula is C5H10N2O2. The fraction of sp³-hybridized carbons (Fsp3) is 0.400. The molecule has 0 aliphatic carbocycles. The van der Waals surface area contributed by atoms with Gasteiger partial charge in [-0.15, -0.1) is 0 Å². The van der Waals surface area contributed by atoms with Crippen molar-refractivity contribution in [3.05, 3.63) is 12.2 Å². The fourth-order valence-corrected chi connectivity index (χ4v) is 0.295. The molecule has 0 aromatic rings. The van der Waals surface area contributed by atoms with Crippen LogP contribution in [0.2, 0.25) is 0 Å². The second-order valence-corrected chi connectivity index (χ2v) is 1.34. The molecule has 0 saturated carbocycles. The van der Waals surface area contributed by atoms with Gasteiger partial charge in [-0.25, -0.2) is 4.79 Å². The van der Waals surface area contributed by atoms with E-state index in [1.807, 2.05) is 0 Å². The number of rotatable bonds is 3. The largest absolute Gasteiger partial charge is 0.445 e. The van der Waals surface area contributed by atoms with Crippen LogP contribution in [0.4, 0.5) is 4.79 Å².